The maximum absolute atomic E-state index is 11.9. The van der Waals surface area contributed by atoms with Crippen molar-refractivity contribution in [2.75, 3.05) is 13.2 Å². The van der Waals surface area contributed by atoms with Gasteiger partial charge in [0.05, 0.1) is 5.56 Å². The zero-order valence-electron chi connectivity index (χ0n) is 13.3. The van der Waals surface area contributed by atoms with E-state index in [-0.39, 0.29) is 18.1 Å². The van der Waals surface area contributed by atoms with E-state index in [1.807, 2.05) is 0 Å². The molecule has 5 nitrogen and oxygen atoms in total. The number of benzene rings is 1. The summed E-state index contributed by atoms with van der Waals surface area (Å²) in [6, 6.07) is 3.51. The number of aliphatic hydroxyl groups is 1. The van der Waals surface area contributed by atoms with Gasteiger partial charge in [-0.05, 0) is 38.3 Å². The summed E-state index contributed by atoms with van der Waals surface area (Å²) in [5, 5.41) is 23.0. The van der Waals surface area contributed by atoms with Crippen LogP contribution in [0.5, 0.6) is 11.5 Å². The van der Waals surface area contributed by atoms with Crippen molar-refractivity contribution in [3.63, 3.8) is 0 Å². The highest BCUT2D eigenvalue weighted by Crippen LogP contribution is 2.35. The van der Waals surface area contributed by atoms with Crippen LogP contribution in [0.1, 0.15) is 49.0 Å². The van der Waals surface area contributed by atoms with Crippen molar-refractivity contribution >= 4 is 5.78 Å². The second-order valence-electron chi connectivity index (χ2n) is 5.90. The first-order chi connectivity index (χ1) is 10.5. The summed E-state index contributed by atoms with van der Waals surface area (Å²) in [4.78, 5) is 11.9. The first-order valence-corrected chi connectivity index (χ1v) is 7.95. The summed E-state index contributed by atoms with van der Waals surface area (Å²) in [7, 11) is 0. The number of fused-ring (bicyclic) bond motifs is 1. The average Bonchev–Trinajstić information content (AvgIpc) is 2.52. The predicted molar refractivity (Wildman–Crippen MR) is 84.6 cm³/mol. The Labute approximate surface area is 131 Å². The SMILES string of the molecule is CC[C@@H](C)NC[C@H](O)COc1ccc(O)c2c1CCCC2=O. The number of rotatable bonds is 7. The van der Waals surface area contributed by atoms with E-state index in [4.69, 9.17) is 4.74 Å². The van der Waals surface area contributed by atoms with Gasteiger partial charge in [-0.15, -0.1) is 0 Å². The molecule has 0 heterocycles. The van der Waals surface area contributed by atoms with Crippen molar-refractivity contribution in [2.45, 2.75) is 51.7 Å². The fourth-order valence-electron chi connectivity index (χ4n) is 2.59. The quantitative estimate of drug-likeness (QED) is 0.718. The Morgan fingerprint density at radius 3 is 2.86 bits per heavy atom. The molecular weight excluding hydrogens is 282 g/mol. The summed E-state index contributed by atoms with van der Waals surface area (Å²) in [6.45, 7) is 4.78. The van der Waals surface area contributed by atoms with Gasteiger partial charge in [0.15, 0.2) is 5.78 Å². The van der Waals surface area contributed by atoms with Crippen LogP contribution < -0.4 is 10.1 Å². The molecule has 0 aromatic heterocycles. The summed E-state index contributed by atoms with van der Waals surface area (Å²) >= 11 is 0. The van der Waals surface area contributed by atoms with Crippen LogP contribution in [-0.2, 0) is 6.42 Å². The van der Waals surface area contributed by atoms with Crippen molar-refractivity contribution in [2.24, 2.45) is 0 Å². The van der Waals surface area contributed by atoms with Gasteiger partial charge in [0, 0.05) is 24.6 Å². The van der Waals surface area contributed by atoms with E-state index in [2.05, 4.69) is 19.2 Å². The van der Waals surface area contributed by atoms with E-state index in [9.17, 15) is 15.0 Å². The number of hydrogen-bond acceptors (Lipinski definition) is 5. The molecule has 0 amide bonds. The molecule has 22 heavy (non-hydrogen) atoms. The highest BCUT2D eigenvalue weighted by Gasteiger charge is 2.24. The van der Waals surface area contributed by atoms with Crippen molar-refractivity contribution in [1.82, 2.24) is 5.32 Å². The molecule has 0 unspecified atom stereocenters. The third-order valence-electron chi connectivity index (χ3n) is 4.10. The number of aromatic hydroxyl groups is 1. The molecule has 122 valence electrons. The molecule has 0 radical (unpaired) electrons. The lowest BCUT2D eigenvalue weighted by Gasteiger charge is -2.21. The fourth-order valence-corrected chi connectivity index (χ4v) is 2.59. The maximum Gasteiger partial charge on any atom is 0.167 e. The zero-order valence-corrected chi connectivity index (χ0v) is 13.3. The zero-order chi connectivity index (χ0) is 16.1. The Balaban J connectivity index is 1.99. The molecule has 1 aliphatic carbocycles. The standard InChI is InChI=1S/C17H25NO4/c1-3-11(2)18-9-12(19)10-22-16-8-7-15(21)17-13(16)5-4-6-14(17)20/h7-8,11-12,18-19,21H,3-6,9-10H2,1-2H3/t11-,12+/m1/s1. The average molecular weight is 307 g/mol. The summed E-state index contributed by atoms with van der Waals surface area (Å²) < 4.78 is 5.68. The number of aliphatic hydroxyl groups excluding tert-OH is 1. The Morgan fingerprint density at radius 1 is 1.36 bits per heavy atom. The topological polar surface area (TPSA) is 78.8 Å². The lowest BCUT2D eigenvalue weighted by molar-refractivity contribution is 0.0960. The maximum atomic E-state index is 11.9. The lowest BCUT2D eigenvalue weighted by Crippen LogP contribution is -2.36. The number of carbonyl (C=O) groups excluding carboxylic acids is 1. The number of carbonyl (C=O) groups is 1. The van der Waals surface area contributed by atoms with Crippen molar-refractivity contribution in [3.8, 4) is 11.5 Å². The van der Waals surface area contributed by atoms with Gasteiger partial charge >= 0.3 is 0 Å². The molecule has 0 spiro atoms. The van der Waals surface area contributed by atoms with Gasteiger partial charge in [-0.3, -0.25) is 4.79 Å². The number of ether oxygens (including phenoxy) is 1. The Kier molecular flexibility index (Phi) is 5.80. The molecule has 2 rings (SSSR count). The van der Waals surface area contributed by atoms with Gasteiger partial charge in [-0.2, -0.15) is 0 Å². The molecule has 0 saturated carbocycles. The molecule has 1 aromatic carbocycles. The smallest absolute Gasteiger partial charge is 0.167 e. The van der Waals surface area contributed by atoms with Gasteiger partial charge in [0.2, 0.25) is 0 Å². The van der Waals surface area contributed by atoms with E-state index in [1.165, 1.54) is 6.07 Å². The van der Waals surface area contributed by atoms with Crippen LogP contribution in [0.25, 0.3) is 0 Å². The van der Waals surface area contributed by atoms with Crippen LogP contribution in [-0.4, -0.2) is 41.3 Å². The normalized spacial score (nSPS) is 17.0. The van der Waals surface area contributed by atoms with Gasteiger partial charge in [-0.1, -0.05) is 6.92 Å². The summed E-state index contributed by atoms with van der Waals surface area (Å²) in [5.74, 6) is 0.567. The number of hydrogen-bond donors (Lipinski definition) is 3. The van der Waals surface area contributed by atoms with E-state index in [0.717, 1.165) is 18.4 Å². The van der Waals surface area contributed by atoms with Crippen molar-refractivity contribution < 1.29 is 19.7 Å². The molecule has 3 N–H and O–H groups in total. The fraction of sp³-hybridized carbons (Fsp3) is 0.588. The minimum Gasteiger partial charge on any atom is -0.507 e. The predicted octanol–water partition coefficient (Wildman–Crippen LogP) is 2.04. The first-order valence-electron chi connectivity index (χ1n) is 7.95. The number of ketones is 1. The molecule has 2 atom stereocenters. The van der Waals surface area contributed by atoms with Crippen LogP contribution in [0.3, 0.4) is 0 Å². The van der Waals surface area contributed by atoms with Gasteiger partial charge in [0.25, 0.3) is 0 Å². The number of phenolic OH excluding ortho intramolecular Hbond substituents is 1. The molecule has 0 fully saturated rings. The summed E-state index contributed by atoms with van der Waals surface area (Å²) in [5.41, 5.74) is 1.15. The highest BCUT2D eigenvalue weighted by atomic mass is 16.5. The lowest BCUT2D eigenvalue weighted by atomic mass is 9.89. The minimum atomic E-state index is -0.613. The van der Waals surface area contributed by atoms with Gasteiger partial charge < -0.3 is 20.3 Å². The van der Waals surface area contributed by atoms with E-state index < -0.39 is 6.10 Å². The second-order valence-corrected chi connectivity index (χ2v) is 5.90. The second kappa shape index (κ2) is 7.61. The first kappa shape index (κ1) is 16.8. The third kappa shape index (κ3) is 3.99. The molecule has 1 aliphatic rings. The van der Waals surface area contributed by atoms with Crippen molar-refractivity contribution in [1.29, 1.82) is 0 Å². The molecule has 0 bridgehead atoms. The molecule has 1 aromatic rings. The Bertz CT molecular complexity index is 530. The molecular formula is C17H25NO4. The minimum absolute atomic E-state index is 0.0195. The van der Waals surface area contributed by atoms with Crippen LogP contribution in [0.2, 0.25) is 0 Å². The Morgan fingerprint density at radius 2 is 2.14 bits per heavy atom. The number of nitrogens with one attached hydrogen (secondary N) is 1. The summed E-state index contributed by atoms with van der Waals surface area (Å²) in [6.07, 6.45) is 2.33. The number of Topliss-reactive ketones (excluding diaryl/α,β-unsaturated/α-hetero) is 1. The Hall–Kier alpha value is -1.59. The number of phenols is 1. The van der Waals surface area contributed by atoms with E-state index >= 15 is 0 Å². The van der Waals surface area contributed by atoms with Crippen LogP contribution in [0.4, 0.5) is 0 Å². The van der Waals surface area contributed by atoms with Gasteiger partial charge in [0.1, 0.15) is 24.2 Å². The van der Waals surface area contributed by atoms with E-state index in [0.29, 0.717) is 36.7 Å². The monoisotopic (exact) mass is 307 g/mol. The van der Waals surface area contributed by atoms with Crippen LogP contribution >= 0.6 is 0 Å². The third-order valence-corrected chi connectivity index (χ3v) is 4.10. The van der Waals surface area contributed by atoms with Gasteiger partial charge in [-0.25, -0.2) is 0 Å². The molecule has 0 saturated heterocycles. The largest absolute Gasteiger partial charge is 0.507 e. The van der Waals surface area contributed by atoms with Crippen LogP contribution in [0.15, 0.2) is 12.1 Å². The van der Waals surface area contributed by atoms with E-state index in [1.54, 1.807) is 6.07 Å². The molecule has 5 heteroatoms. The van der Waals surface area contributed by atoms with Crippen LogP contribution in [0, 0.1) is 0 Å². The van der Waals surface area contributed by atoms with Crippen molar-refractivity contribution in [3.05, 3.63) is 23.3 Å². The highest BCUT2D eigenvalue weighted by molar-refractivity contribution is 6.01. The molecule has 0 aliphatic heterocycles.